The number of morpholine rings is 1. The van der Waals surface area contributed by atoms with Crippen molar-refractivity contribution >= 4 is 23.4 Å². The Labute approximate surface area is 140 Å². The topological polar surface area (TPSA) is 76.6 Å². The summed E-state index contributed by atoms with van der Waals surface area (Å²) in [4.78, 5) is 23.0. The Balaban J connectivity index is 1.80. The summed E-state index contributed by atoms with van der Waals surface area (Å²) in [5, 5.41) is 3.18. The molecule has 7 heteroatoms. The zero-order chi connectivity index (χ0) is 16.8. The standard InChI is InChI=1S/C17H20N4O3/c1-2-24-16(22)13-5-3-4-6-14(13)19-15-7-8-18-17(20-15)21-9-11-23-12-10-21/h3-8H,2,9-12H2,1H3,(H,18,19,20). The van der Waals surface area contributed by atoms with Crippen LogP contribution in [0.25, 0.3) is 0 Å². The molecule has 0 atom stereocenters. The number of rotatable bonds is 5. The van der Waals surface area contributed by atoms with Crippen LogP contribution >= 0.6 is 0 Å². The van der Waals surface area contributed by atoms with Crippen LogP contribution in [-0.4, -0.2) is 48.8 Å². The zero-order valence-corrected chi connectivity index (χ0v) is 13.6. The third-order valence-electron chi connectivity index (χ3n) is 3.62. The smallest absolute Gasteiger partial charge is 0.340 e. The SMILES string of the molecule is CCOC(=O)c1ccccc1Nc1ccnc(N2CCOCC2)n1. The Morgan fingerprint density at radius 1 is 1.29 bits per heavy atom. The summed E-state index contributed by atoms with van der Waals surface area (Å²) in [5.41, 5.74) is 1.13. The number of carbonyl (C=O) groups excluding carboxylic acids is 1. The molecule has 1 fully saturated rings. The van der Waals surface area contributed by atoms with E-state index in [2.05, 4.69) is 20.2 Å². The second kappa shape index (κ2) is 7.74. The molecule has 0 spiro atoms. The number of ether oxygens (including phenoxy) is 2. The average Bonchev–Trinajstić information content (AvgIpc) is 2.63. The molecule has 0 amide bonds. The quantitative estimate of drug-likeness (QED) is 0.843. The maximum Gasteiger partial charge on any atom is 0.340 e. The number of carbonyl (C=O) groups is 1. The minimum Gasteiger partial charge on any atom is -0.462 e. The first-order valence-corrected chi connectivity index (χ1v) is 7.97. The summed E-state index contributed by atoms with van der Waals surface area (Å²) >= 11 is 0. The maximum atomic E-state index is 12.1. The van der Waals surface area contributed by atoms with Crippen LogP contribution in [0.2, 0.25) is 0 Å². The van der Waals surface area contributed by atoms with Gasteiger partial charge in [0.2, 0.25) is 5.95 Å². The monoisotopic (exact) mass is 328 g/mol. The molecular formula is C17H20N4O3. The van der Waals surface area contributed by atoms with Gasteiger partial charge in [-0.2, -0.15) is 4.98 Å². The molecule has 1 N–H and O–H groups in total. The van der Waals surface area contributed by atoms with Gasteiger partial charge in [-0.05, 0) is 25.1 Å². The number of esters is 1. The molecule has 0 radical (unpaired) electrons. The van der Waals surface area contributed by atoms with Gasteiger partial charge in [0, 0.05) is 19.3 Å². The first kappa shape index (κ1) is 16.2. The van der Waals surface area contributed by atoms with E-state index < -0.39 is 0 Å². The second-order valence-electron chi connectivity index (χ2n) is 5.23. The van der Waals surface area contributed by atoms with Crippen LogP contribution in [0, 0.1) is 0 Å². The van der Waals surface area contributed by atoms with Gasteiger partial charge in [-0.25, -0.2) is 9.78 Å². The predicted octanol–water partition coefficient (Wildman–Crippen LogP) is 2.23. The molecule has 0 saturated carbocycles. The van der Waals surface area contributed by atoms with E-state index in [1.54, 1.807) is 31.3 Å². The third kappa shape index (κ3) is 3.80. The highest BCUT2D eigenvalue weighted by atomic mass is 16.5. The lowest BCUT2D eigenvalue weighted by Crippen LogP contribution is -2.37. The lowest BCUT2D eigenvalue weighted by molar-refractivity contribution is 0.0527. The van der Waals surface area contributed by atoms with Gasteiger partial charge in [0.1, 0.15) is 5.82 Å². The molecule has 1 aliphatic rings. The number of hydrogen-bond acceptors (Lipinski definition) is 7. The highest BCUT2D eigenvalue weighted by Gasteiger charge is 2.15. The lowest BCUT2D eigenvalue weighted by Gasteiger charge is -2.26. The number of benzene rings is 1. The highest BCUT2D eigenvalue weighted by molar-refractivity contribution is 5.96. The van der Waals surface area contributed by atoms with Crippen LogP contribution in [-0.2, 0) is 9.47 Å². The van der Waals surface area contributed by atoms with Crippen LogP contribution in [0.3, 0.4) is 0 Å². The fourth-order valence-corrected chi connectivity index (χ4v) is 2.45. The van der Waals surface area contributed by atoms with Crippen molar-refractivity contribution in [1.82, 2.24) is 9.97 Å². The first-order chi connectivity index (χ1) is 11.8. The van der Waals surface area contributed by atoms with Crippen molar-refractivity contribution in [3.8, 4) is 0 Å². The Hall–Kier alpha value is -2.67. The van der Waals surface area contributed by atoms with Crippen molar-refractivity contribution < 1.29 is 14.3 Å². The summed E-state index contributed by atoms with van der Waals surface area (Å²) in [6, 6.07) is 8.98. The fraction of sp³-hybridized carbons (Fsp3) is 0.353. The van der Waals surface area contributed by atoms with Crippen LogP contribution in [0.4, 0.5) is 17.5 Å². The number of nitrogens with zero attached hydrogens (tertiary/aromatic N) is 3. The predicted molar refractivity (Wildman–Crippen MR) is 90.7 cm³/mol. The average molecular weight is 328 g/mol. The second-order valence-corrected chi connectivity index (χ2v) is 5.23. The Morgan fingerprint density at radius 3 is 2.88 bits per heavy atom. The van der Waals surface area contributed by atoms with Crippen molar-refractivity contribution in [2.45, 2.75) is 6.92 Å². The van der Waals surface area contributed by atoms with E-state index in [1.165, 1.54) is 0 Å². The molecule has 7 nitrogen and oxygen atoms in total. The minimum atomic E-state index is -0.358. The summed E-state index contributed by atoms with van der Waals surface area (Å²) < 4.78 is 10.4. The summed E-state index contributed by atoms with van der Waals surface area (Å²) in [6.07, 6.45) is 1.70. The molecule has 2 aromatic rings. The van der Waals surface area contributed by atoms with Crippen LogP contribution in [0.1, 0.15) is 17.3 Å². The summed E-state index contributed by atoms with van der Waals surface area (Å²) in [6.45, 7) is 5.00. The molecule has 1 aliphatic heterocycles. The Morgan fingerprint density at radius 2 is 2.08 bits per heavy atom. The number of anilines is 3. The van der Waals surface area contributed by atoms with Gasteiger partial charge in [0.25, 0.3) is 0 Å². The van der Waals surface area contributed by atoms with E-state index >= 15 is 0 Å². The zero-order valence-electron chi connectivity index (χ0n) is 13.6. The molecule has 0 bridgehead atoms. The summed E-state index contributed by atoms with van der Waals surface area (Å²) in [7, 11) is 0. The molecule has 1 saturated heterocycles. The molecule has 1 aromatic heterocycles. The normalized spacial score (nSPS) is 14.3. The molecule has 24 heavy (non-hydrogen) atoms. The molecule has 126 valence electrons. The molecule has 2 heterocycles. The minimum absolute atomic E-state index is 0.335. The lowest BCUT2D eigenvalue weighted by atomic mass is 10.2. The third-order valence-corrected chi connectivity index (χ3v) is 3.62. The van der Waals surface area contributed by atoms with Gasteiger partial charge in [-0.3, -0.25) is 0 Å². The number of nitrogens with one attached hydrogen (secondary N) is 1. The van der Waals surface area contributed by atoms with Crippen molar-refractivity contribution in [3.05, 3.63) is 42.1 Å². The van der Waals surface area contributed by atoms with Gasteiger partial charge >= 0.3 is 5.97 Å². The van der Waals surface area contributed by atoms with Crippen LogP contribution in [0.15, 0.2) is 36.5 Å². The van der Waals surface area contributed by atoms with E-state index in [9.17, 15) is 4.79 Å². The van der Waals surface area contributed by atoms with E-state index in [4.69, 9.17) is 9.47 Å². The van der Waals surface area contributed by atoms with E-state index in [1.807, 2.05) is 12.1 Å². The van der Waals surface area contributed by atoms with E-state index in [-0.39, 0.29) is 5.97 Å². The Kier molecular flexibility index (Phi) is 5.22. The molecule has 0 aliphatic carbocycles. The maximum absolute atomic E-state index is 12.1. The largest absolute Gasteiger partial charge is 0.462 e. The fourth-order valence-electron chi connectivity index (χ4n) is 2.45. The van der Waals surface area contributed by atoms with Gasteiger partial charge in [0.05, 0.1) is 31.1 Å². The van der Waals surface area contributed by atoms with Crippen molar-refractivity contribution in [3.63, 3.8) is 0 Å². The van der Waals surface area contributed by atoms with Crippen LogP contribution < -0.4 is 10.2 Å². The van der Waals surface area contributed by atoms with Crippen LogP contribution in [0.5, 0.6) is 0 Å². The van der Waals surface area contributed by atoms with E-state index in [0.29, 0.717) is 42.8 Å². The number of hydrogen-bond donors (Lipinski definition) is 1. The first-order valence-electron chi connectivity index (χ1n) is 7.97. The van der Waals surface area contributed by atoms with Gasteiger partial charge in [-0.15, -0.1) is 0 Å². The molecular weight excluding hydrogens is 308 g/mol. The molecule has 1 aromatic carbocycles. The highest BCUT2D eigenvalue weighted by Crippen LogP contribution is 2.21. The number of para-hydroxylation sites is 1. The van der Waals surface area contributed by atoms with Gasteiger partial charge in [-0.1, -0.05) is 12.1 Å². The van der Waals surface area contributed by atoms with E-state index in [0.717, 1.165) is 13.1 Å². The summed E-state index contributed by atoms with van der Waals surface area (Å²) in [5.74, 6) is 0.920. The number of aromatic nitrogens is 2. The Bertz CT molecular complexity index is 702. The van der Waals surface area contributed by atoms with Crippen molar-refractivity contribution in [2.75, 3.05) is 43.1 Å². The molecule has 3 rings (SSSR count). The van der Waals surface area contributed by atoms with Crippen molar-refractivity contribution in [1.29, 1.82) is 0 Å². The van der Waals surface area contributed by atoms with Crippen molar-refractivity contribution in [2.24, 2.45) is 0 Å². The van der Waals surface area contributed by atoms with Gasteiger partial charge in [0.15, 0.2) is 0 Å². The molecule has 0 unspecified atom stereocenters. The van der Waals surface area contributed by atoms with Gasteiger partial charge < -0.3 is 19.7 Å².